The quantitative estimate of drug-likeness (QED) is 0.527. The van der Waals surface area contributed by atoms with Gasteiger partial charge in [-0.3, -0.25) is 9.59 Å². The molecule has 0 bridgehead atoms. The molecule has 0 spiro atoms. The predicted octanol–water partition coefficient (Wildman–Crippen LogP) is 4.81. The second kappa shape index (κ2) is 9.96. The van der Waals surface area contributed by atoms with Crippen molar-refractivity contribution < 1.29 is 19.4 Å². The van der Waals surface area contributed by atoms with Gasteiger partial charge in [-0.2, -0.15) is 0 Å². The first-order chi connectivity index (χ1) is 13.7. The molecule has 0 heterocycles. The van der Waals surface area contributed by atoms with Gasteiger partial charge in [0.2, 0.25) is 5.91 Å². The molecule has 6 heteroatoms. The summed E-state index contributed by atoms with van der Waals surface area (Å²) >= 11 is 0. The molecule has 2 aromatic carbocycles. The van der Waals surface area contributed by atoms with Crippen LogP contribution in [0.4, 0.5) is 11.4 Å². The fraction of sp³-hybridized carbons (Fsp3) is 0.391. The Morgan fingerprint density at radius 2 is 1.69 bits per heavy atom. The average Bonchev–Trinajstić information content (AvgIpc) is 2.59. The highest BCUT2D eigenvalue weighted by Gasteiger charge is 2.12. The van der Waals surface area contributed by atoms with Gasteiger partial charge in [0.05, 0.1) is 0 Å². The first kappa shape index (κ1) is 22.3. The lowest BCUT2D eigenvalue weighted by molar-refractivity contribution is -0.139. The van der Waals surface area contributed by atoms with Crippen molar-refractivity contribution in [3.63, 3.8) is 0 Å². The van der Waals surface area contributed by atoms with Crippen LogP contribution in [0.5, 0.6) is 5.75 Å². The molecule has 2 rings (SSSR count). The number of anilines is 2. The van der Waals surface area contributed by atoms with Crippen LogP contribution in [0.2, 0.25) is 0 Å². The molecule has 0 saturated heterocycles. The van der Waals surface area contributed by atoms with Crippen LogP contribution in [0.25, 0.3) is 0 Å². The summed E-state index contributed by atoms with van der Waals surface area (Å²) in [6, 6.07) is 10.3. The minimum atomic E-state index is -1.16. The van der Waals surface area contributed by atoms with Gasteiger partial charge in [0, 0.05) is 17.4 Å². The number of aryl methyl sites for hydroxylation is 3. The van der Waals surface area contributed by atoms with E-state index in [1.54, 1.807) is 12.1 Å². The van der Waals surface area contributed by atoms with Crippen LogP contribution < -0.4 is 15.4 Å². The van der Waals surface area contributed by atoms with E-state index in [1.807, 2.05) is 13.8 Å². The van der Waals surface area contributed by atoms with E-state index >= 15 is 0 Å². The van der Waals surface area contributed by atoms with E-state index in [9.17, 15) is 9.59 Å². The Morgan fingerprint density at radius 3 is 2.28 bits per heavy atom. The second-order valence-electron chi connectivity index (χ2n) is 7.51. The maximum atomic E-state index is 11.7. The van der Waals surface area contributed by atoms with Crippen molar-refractivity contribution in [3.8, 4) is 5.75 Å². The van der Waals surface area contributed by atoms with E-state index in [-0.39, 0.29) is 0 Å². The number of nitrogens with one attached hydrogen (secondary N) is 2. The van der Waals surface area contributed by atoms with Crippen molar-refractivity contribution in [1.82, 2.24) is 0 Å². The highest BCUT2D eigenvalue weighted by atomic mass is 16.5. The van der Waals surface area contributed by atoms with E-state index < -0.39 is 18.3 Å². The summed E-state index contributed by atoms with van der Waals surface area (Å²) in [5.41, 5.74) is 5.65. The molecule has 0 aliphatic heterocycles. The van der Waals surface area contributed by atoms with Crippen molar-refractivity contribution in [3.05, 3.63) is 52.6 Å². The fourth-order valence-electron chi connectivity index (χ4n) is 3.16. The van der Waals surface area contributed by atoms with E-state index in [4.69, 9.17) is 9.84 Å². The summed E-state index contributed by atoms with van der Waals surface area (Å²) < 4.78 is 6.08. The molecule has 0 aliphatic rings. The number of carboxylic acids is 1. The SMILES string of the molecule is CCC(C)Nc1cc(C)cc(COc2c(C)cc(NC(=O)CC(=O)O)cc2C)c1. The van der Waals surface area contributed by atoms with Gasteiger partial charge in [-0.05, 0) is 80.6 Å². The molecule has 29 heavy (non-hydrogen) atoms. The largest absolute Gasteiger partial charge is 0.488 e. The molecule has 3 N–H and O–H groups in total. The molecule has 0 fully saturated rings. The van der Waals surface area contributed by atoms with E-state index in [0.29, 0.717) is 18.3 Å². The number of ether oxygens (including phenoxy) is 1. The smallest absolute Gasteiger partial charge is 0.312 e. The lowest BCUT2D eigenvalue weighted by Gasteiger charge is -2.17. The lowest BCUT2D eigenvalue weighted by atomic mass is 10.1. The number of amides is 1. The van der Waals surface area contributed by atoms with E-state index in [0.717, 1.165) is 34.5 Å². The molecule has 156 valence electrons. The fourth-order valence-corrected chi connectivity index (χ4v) is 3.16. The highest BCUT2D eigenvalue weighted by molar-refractivity contribution is 6.01. The van der Waals surface area contributed by atoms with Gasteiger partial charge in [-0.25, -0.2) is 0 Å². The van der Waals surface area contributed by atoms with Gasteiger partial charge in [0.15, 0.2) is 0 Å². The van der Waals surface area contributed by atoms with Crippen LogP contribution in [-0.2, 0) is 16.2 Å². The van der Waals surface area contributed by atoms with Gasteiger partial charge in [0.25, 0.3) is 0 Å². The molecule has 1 atom stereocenters. The van der Waals surface area contributed by atoms with Gasteiger partial charge in [0.1, 0.15) is 18.8 Å². The third-order valence-corrected chi connectivity index (χ3v) is 4.60. The Bertz CT molecular complexity index is 869. The van der Waals surface area contributed by atoms with Crippen LogP contribution in [0.3, 0.4) is 0 Å². The van der Waals surface area contributed by atoms with Crippen LogP contribution in [0.15, 0.2) is 30.3 Å². The zero-order valence-corrected chi connectivity index (χ0v) is 17.8. The Kier molecular flexibility index (Phi) is 7.65. The number of carboxylic acid groups (broad SMARTS) is 1. The zero-order chi connectivity index (χ0) is 21.6. The van der Waals surface area contributed by atoms with Crippen molar-refractivity contribution in [1.29, 1.82) is 0 Å². The molecular weight excluding hydrogens is 368 g/mol. The van der Waals surface area contributed by atoms with Crippen LogP contribution in [0.1, 0.15) is 48.9 Å². The van der Waals surface area contributed by atoms with Gasteiger partial charge in [-0.15, -0.1) is 0 Å². The normalized spacial score (nSPS) is 11.6. The highest BCUT2D eigenvalue weighted by Crippen LogP contribution is 2.28. The molecule has 0 saturated carbocycles. The van der Waals surface area contributed by atoms with Crippen molar-refractivity contribution in [2.24, 2.45) is 0 Å². The summed E-state index contributed by atoms with van der Waals surface area (Å²) in [5.74, 6) is -0.943. The third-order valence-electron chi connectivity index (χ3n) is 4.60. The van der Waals surface area contributed by atoms with Crippen LogP contribution in [0, 0.1) is 20.8 Å². The Labute approximate surface area is 172 Å². The first-order valence-corrected chi connectivity index (χ1v) is 9.80. The lowest BCUT2D eigenvalue weighted by Crippen LogP contribution is -2.16. The third kappa shape index (κ3) is 6.82. The zero-order valence-electron chi connectivity index (χ0n) is 17.8. The summed E-state index contributed by atoms with van der Waals surface area (Å²) in [4.78, 5) is 22.3. The van der Waals surface area contributed by atoms with Gasteiger partial charge in [-0.1, -0.05) is 13.0 Å². The first-order valence-electron chi connectivity index (χ1n) is 9.80. The number of hydrogen-bond donors (Lipinski definition) is 3. The van der Waals surface area contributed by atoms with Gasteiger partial charge >= 0.3 is 5.97 Å². The monoisotopic (exact) mass is 398 g/mol. The summed E-state index contributed by atoms with van der Waals surface area (Å²) in [6.07, 6.45) is 0.490. The molecule has 1 amide bonds. The molecular formula is C23H30N2O4. The molecule has 0 aliphatic carbocycles. The Morgan fingerprint density at radius 1 is 1.03 bits per heavy atom. The topological polar surface area (TPSA) is 87.7 Å². The maximum Gasteiger partial charge on any atom is 0.312 e. The average molecular weight is 399 g/mol. The molecule has 1 unspecified atom stereocenters. The number of aliphatic carboxylic acids is 1. The molecule has 0 aromatic heterocycles. The van der Waals surface area contributed by atoms with Gasteiger partial charge < -0.3 is 20.5 Å². The minimum Gasteiger partial charge on any atom is -0.488 e. The molecule has 6 nitrogen and oxygen atoms in total. The Balaban J connectivity index is 2.11. The number of carbonyl (C=O) groups is 2. The second-order valence-corrected chi connectivity index (χ2v) is 7.51. The predicted molar refractivity (Wildman–Crippen MR) is 116 cm³/mol. The van der Waals surface area contributed by atoms with Crippen molar-refractivity contribution in [2.45, 2.75) is 60.1 Å². The number of hydrogen-bond acceptors (Lipinski definition) is 4. The Hall–Kier alpha value is -3.02. The van der Waals surface area contributed by atoms with Crippen LogP contribution in [-0.4, -0.2) is 23.0 Å². The summed E-state index contributed by atoms with van der Waals surface area (Å²) in [7, 11) is 0. The van der Waals surface area contributed by atoms with Crippen molar-refractivity contribution in [2.75, 3.05) is 10.6 Å². The summed E-state index contributed by atoms with van der Waals surface area (Å²) in [5, 5.41) is 14.8. The minimum absolute atomic E-state index is 0.402. The van der Waals surface area contributed by atoms with Crippen molar-refractivity contribution >= 4 is 23.3 Å². The number of carbonyl (C=O) groups excluding carboxylic acids is 1. The van der Waals surface area contributed by atoms with Crippen LogP contribution >= 0.6 is 0 Å². The summed E-state index contributed by atoms with van der Waals surface area (Å²) in [6.45, 7) is 10.6. The molecule has 0 radical (unpaired) electrons. The van der Waals surface area contributed by atoms with E-state index in [2.05, 4.69) is 49.6 Å². The number of benzene rings is 2. The molecule has 2 aromatic rings. The number of rotatable bonds is 9. The maximum absolute atomic E-state index is 11.7. The van der Waals surface area contributed by atoms with E-state index in [1.165, 1.54) is 5.56 Å². The standard InChI is InChI=1S/C23H30N2O4/c1-6-17(5)24-19-8-14(2)7-18(11-19)13-29-23-15(3)9-20(10-16(23)4)25-21(26)12-22(27)28/h7-11,17,24H,6,12-13H2,1-5H3,(H,25,26)(H,27,28).